The van der Waals surface area contributed by atoms with E-state index in [0.29, 0.717) is 11.3 Å². The van der Waals surface area contributed by atoms with Crippen LogP contribution in [0.3, 0.4) is 0 Å². The summed E-state index contributed by atoms with van der Waals surface area (Å²) in [6.45, 7) is 1.67. The Balaban J connectivity index is 1.65. The molecule has 122 valence electrons. The van der Waals surface area contributed by atoms with Gasteiger partial charge in [-0.05, 0) is 42.3 Å². The van der Waals surface area contributed by atoms with Crippen molar-refractivity contribution >= 4 is 5.91 Å². The van der Waals surface area contributed by atoms with Gasteiger partial charge in [-0.1, -0.05) is 42.5 Å². The molecular formula is C20H19NO3. The highest BCUT2D eigenvalue weighted by molar-refractivity contribution is 5.94. The zero-order valence-electron chi connectivity index (χ0n) is 13.4. The smallest absolute Gasteiger partial charge is 0.251 e. The van der Waals surface area contributed by atoms with Crippen LogP contribution >= 0.6 is 0 Å². The third kappa shape index (κ3) is 3.55. The molecule has 1 heterocycles. The predicted octanol–water partition coefficient (Wildman–Crippen LogP) is 3.58. The van der Waals surface area contributed by atoms with E-state index >= 15 is 0 Å². The number of carbonyl (C=O) groups excluding carboxylic acids is 1. The molecule has 1 atom stereocenters. The maximum Gasteiger partial charge on any atom is 0.251 e. The minimum absolute atomic E-state index is 0.0692. The lowest BCUT2D eigenvalue weighted by atomic mass is 10.0. The van der Waals surface area contributed by atoms with Crippen LogP contribution in [0.4, 0.5) is 0 Å². The molecule has 2 aromatic carbocycles. The van der Waals surface area contributed by atoms with E-state index in [9.17, 15) is 9.90 Å². The summed E-state index contributed by atoms with van der Waals surface area (Å²) >= 11 is 0. The molecule has 24 heavy (non-hydrogen) atoms. The normalized spacial score (nSPS) is 13.2. The van der Waals surface area contributed by atoms with Crippen molar-refractivity contribution in [3.05, 3.63) is 84.3 Å². The second-order valence-corrected chi connectivity index (χ2v) is 5.88. The summed E-state index contributed by atoms with van der Waals surface area (Å²) in [6, 6.07) is 20.7. The number of hydrogen-bond acceptors (Lipinski definition) is 3. The zero-order chi connectivity index (χ0) is 17.0. The first-order valence-corrected chi connectivity index (χ1v) is 7.76. The van der Waals surface area contributed by atoms with Gasteiger partial charge < -0.3 is 14.8 Å². The van der Waals surface area contributed by atoms with Gasteiger partial charge in [0.1, 0.15) is 11.4 Å². The maximum atomic E-state index is 12.3. The van der Waals surface area contributed by atoms with Gasteiger partial charge in [0.15, 0.2) is 0 Å². The topological polar surface area (TPSA) is 62.5 Å². The second kappa shape index (κ2) is 6.72. The van der Waals surface area contributed by atoms with E-state index in [-0.39, 0.29) is 12.5 Å². The molecule has 1 unspecified atom stereocenters. The molecule has 4 nitrogen and oxygen atoms in total. The van der Waals surface area contributed by atoms with E-state index in [1.807, 2.05) is 42.5 Å². The van der Waals surface area contributed by atoms with Crippen molar-refractivity contribution in [1.82, 2.24) is 5.32 Å². The minimum Gasteiger partial charge on any atom is -0.466 e. The number of rotatable bonds is 5. The van der Waals surface area contributed by atoms with Crippen LogP contribution in [0, 0.1) is 0 Å². The van der Waals surface area contributed by atoms with Gasteiger partial charge in [-0.25, -0.2) is 0 Å². The van der Waals surface area contributed by atoms with Crippen LogP contribution < -0.4 is 5.32 Å². The Labute approximate surface area is 140 Å². The fourth-order valence-electron chi connectivity index (χ4n) is 2.47. The summed E-state index contributed by atoms with van der Waals surface area (Å²) in [5.74, 6) is 0.184. The standard InChI is InChI=1S/C20H19NO3/c1-20(23,18-8-5-13-24-18)14-21-19(22)17-11-9-16(10-12-17)15-6-3-2-4-7-15/h2-13,23H,14H2,1H3,(H,21,22). The van der Waals surface area contributed by atoms with Crippen LogP contribution in [0.2, 0.25) is 0 Å². The average Bonchev–Trinajstić information content (AvgIpc) is 3.16. The number of benzene rings is 2. The lowest BCUT2D eigenvalue weighted by Crippen LogP contribution is -2.38. The van der Waals surface area contributed by atoms with Crippen molar-refractivity contribution < 1.29 is 14.3 Å². The lowest BCUT2D eigenvalue weighted by molar-refractivity contribution is 0.0330. The molecule has 0 bridgehead atoms. The van der Waals surface area contributed by atoms with Gasteiger partial charge in [0.25, 0.3) is 5.91 Å². The van der Waals surface area contributed by atoms with E-state index in [1.54, 1.807) is 31.2 Å². The first-order valence-electron chi connectivity index (χ1n) is 7.76. The summed E-state index contributed by atoms with van der Waals surface area (Å²) in [5.41, 5.74) is 1.45. The highest BCUT2D eigenvalue weighted by Gasteiger charge is 2.26. The van der Waals surface area contributed by atoms with Gasteiger partial charge in [0, 0.05) is 5.56 Å². The number of aliphatic hydroxyl groups is 1. The van der Waals surface area contributed by atoms with Crippen LogP contribution in [-0.2, 0) is 5.60 Å². The third-order valence-electron chi connectivity index (χ3n) is 3.90. The van der Waals surface area contributed by atoms with Gasteiger partial charge >= 0.3 is 0 Å². The van der Waals surface area contributed by atoms with E-state index in [2.05, 4.69) is 5.32 Å². The van der Waals surface area contributed by atoms with Crippen LogP contribution in [0.25, 0.3) is 11.1 Å². The predicted molar refractivity (Wildman–Crippen MR) is 92.5 cm³/mol. The first-order chi connectivity index (χ1) is 11.6. The molecule has 0 aliphatic rings. The highest BCUT2D eigenvalue weighted by Crippen LogP contribution is 2.21. The van der Waals surface area contributed by atoms with Gasteiger partial charge in [-0.15, -0.1) is 0 Å². The quantitative estimate of drug-likeness (QED) is 0.755. The molecule has 0 fully saturated rings. The summed E-state index contributed by atoms with van der Waals surface area (Å²) in [7, 11) is 0. The maximum absolute atomic E-state index is 12.3. The molecule has 2 N–H and O–H groups in total. The van der Waals surface area contributed by atoms with E-state index in [0.717, 1.165) is 11.1 Å². The molecule has 0 aliphatic heterocycles. The van der Waals surface area contributed by atoms with Gasteiger partial charge in [-0.2, -0.15) is 0 Å². The van der Waals surface area contributed by atoms with Crippen molar-refractivity contribution in [2.45, 2.75) is 12.5 Å². The van der Waals surface area contributed by atoms with Crippen LogP contribution in [-0.4, -0.2) is 17.6 Å². The van der Waals surface area contributed by atoms with Crippen LogP contribution in [0.15, 0.2) is 77.4 Å². The number of carbonyl (C=O) groups is 1. The Morgan fingerprint density at radius 3 is 2.29 bits per heavy atom. The van der Waals surface area contributed by atoms with Crippen molar-refractivity contribution in [3.63, 3.8) is 0 Å². The molecule has 0 radical (unpaired) electrons. The van der Waals surface area contributed by atoms with Crippen molar-refractivity contribution in [2.75, 3.05) is 6.54 Å². The third-order valence-corrected chi connectivity index (χ3v) is 3.90. The Morgan fingerprint density at radius 2 is 1.67 bits per heavy atom. The summed E-state index contributed by atoms with van der Waals surface area (Å²) in [5, 5.41) is 13.1. The highest BCUT2D eigenvalue weighted by atomic mass is 16.4. The molecule has 3 rings (SSSR count). The minimum atomic E-state index is -1.25. The number of amides is 1. The molecule has 0 saturated heterocycles. The first kappa shape index (κ1) is 16.0. The van der Waals surface area contributed by atoms with Crippen molar-refractivity contribution in [2.24, 2.45) is 0 Å². The van der Waals surface area contributed by atoms with Gasteiger partial charge in [-0.3, -0.25) is 4.79 Å². The van der Waals surface area contributed by atoms with Crippen molar-refractivity contribution in [3.8, 4) is 11.1 Å². The van der Waals surface area contributed by atoms with Gasteiger partial charge in [0.2, 0.25) is 0 Å². The average molecular weight is 321 g/mol. The molecule has 0 spiro atoms. The Bertz CT molecular complexity index is 791. The van der Waals surface area contributed by atoms with E-state index in [1.165, 1.54) is 6.26 Å². The Kier molecular flexibility index (Phi) is 4.49. The van der Waals surface area contributed by atoms with Crippen molar-refractivity contribution in [1.29, 1.82) is 0 Å². The largest absolute Gasteiger partial charge is 0.466 e. The molecule has 1 aromatic heterocycles. The zero-order valence-corrected chi connectivity index (χ0v) is 13.4. The fraction of sp³-hybridized carbons (Fsp3) is 0.150. The van der Waals surface area contributed by atoms with Crippen LogP contribution in [0.5, 0.6) is 0 Å². The van der Waals surface area contributed by atoms with Crippen LogP contribution in [0.1, 0.15) is 23.0 Å². The summed E-state index contributed by atoms with van der Waals surface area (Å²) in [6.07, 6.45) is 1.49. The SMILES string of the molecule is CC(O)(CNC(=O)c1ccc(-c2ccccc2)cc1)c1ccco1. The molecule has 1 amide bonds. The summed E-state index contributed by atoms with van der Waals surface area (Å²) < 4.78 is 5.20. The van der Waals surface area contributed by atoms with Gasteiger partial charge in [0.05, 0.1) is 12.8 Å². The fourth-order valence-corrected chi connectivity index (χ4v) is 2.47. The molecule has 0 aliphatic carbocycles. The molecule has 4 heteroatoms. The molecular weight excluding hydrogens is 302 g/mol. The molecule has 3 aromatic rings. The summed E-state index contributed by atoms with van der Waals surface area (Å²) in [4.78, 5) is 12.3. The number of nitrogens with one attached hydrogen (secondary N) is 1. The number of furan rings is 1. The lowest BCUT2D eigenvalue weighted by Gasteiger charge is -2.21. The number of hydrogen-bond donors (Lipinski definition) is 2. The van der Waals surface area contributed by atoms with E-state index < -0.39 is 5.60 Å². The monoisotopic (exact) mass is 321 g/mol. The van der Waals surface area contributed by atoms with E-state index in [4.69, 9.17) is 4.42 Å². The second-order valence-electron chi connectivity index (χ2n) is 5.88. The molecule has 0 saturated carbocycles. The Hall–Kier alpha value is -2.85. The Morgan fingerprint density at radius 1 is 1.00 bits per heavy atom.